The molecule has 1 atom stereocenters. The van der Waals surface area contributed by atoms with Crippen molar-refractivity contribution in [2.24, 2.45) is 5.92 Å². The summed E-state index contributed by atoms with van der Waals surface area (Å²) in [6.07, 6.45) is 1.88. The summed E-state index contributed by atoms with van der Waals surface area (Å²) in [6, 6.07) is 3.36. The van der Waals surface area contributed by atoms with Crippen molar-refractivity contribution in [1.29, 1.82) is 0 Å². The van der Waals surface area contributed by atoms with E-state index >= 15 is 0 Å². The van der Waals surface area contributed by atoms with Crippen LogP contribution in [0.4, 0.5) is 8.78 Å². The number of halogens is 2. The van der Waals surface area contributed by atoms with Crippen LogP contribution in [0.5, 0.6) is 0 Å². The van der Waals surface area contributed by atoms with Gasteiger partial charge in [-0.1, -0.05) is 13.8 Å². The summed E-state index contributed by atoms with van der Waals surface area (Å²) in [6.45, 7) is 3.91. The Balaban J connectivity index is 2.14. The zero-order valence-corrected chi connectivity index (χ0v) is 13.7. The Labute approximate surface area is 137 Å². The van der Waals surface area contributed by atoms with Crippen molar-refractivity contribution in [2.45, 2.75) is 26.3 Å². The molecule has 2 N–H and O–H groups in total. The fourth-order valence-corrected chi connectivity index (χ4v) is 2.91. The van der Waals surface area contributed by atoms with Crippen molar-refractivity contribution in [3.05, 3.63) is 40.9 Å². The van der Waals surface area contributed by atoms with Gasteiger partial charge in [0.25, 0.3) is 5.91 Å². The maximum Gasteiger partial charge on any atom is 0.263 e. The number of carbonyl (C=O) groups is 1. The second-order valence-corrected chi connectivity index (χ2v) is 6.53. The topological polar surface area (TPSA) is 62.2 Å². The van der Waals surface area contributed by atoms with Crippen LogP contribution in [0.3, 0.4) is 0 Å². The van der Waals surface area contributed by atoms with Gasteiger partial charge in [0.05, 0.1) is 6.20 Å². The number of amides is 1. The van der Waals surface area contributed by atoms with E-state index in [2.05, 4.69) is 10.3 Å². The van der Waals surface area contributed by atoms with Gasteiger partial charge in [0, 0.05) is 18.2 Å². The number of hydrogen-bond donors (Lipinski definition) is 2. The highest BCUT2D eigenvalue weighted by Crippen LogP contribution is 2.26. The number of nitrogens with zero attached hydrogens (tertiary/aromatic N) is 1. The molecule has 1 aromatic heterocycles. The third kappa shape index (κ3) is 4.33. The number of nitrogens with one attached hydrogen (secondary N) is 1. The summed E-state index contributed by atoms with van der Waals surface area (Å²) >= 11 is 1.11. The molecule has 0 radical (unpaired) electrons. The third-order valence-corrected chi connectivity index (χ3v) is 4.50. The standard InChI is InChI=1S/C16H18F2N2O2S/c1-9(2)13(5-6-21)20-15(22)14-8-19-16(23-14)10-3-4-11(17)12(18)7-10/h3-4,7-9,13,21H,5-6H2,1-2H3,(H,20,22). The highest BCUT2D eigenvalue weighted by molar-refractivity contribution is 7.16. The minimum absolute atomic E-state index is 0.00801. The predicted molar refractivity (Wildman–Crippen MR) is 85.3 cm³/mol. The van der Waals surface area contributed by atoms with E-state index in [-0.39, 0.29) is 24.5 Å². The zero-order chi connectivity index (χ0) is 17.0. The second kappa shape index (κ2) is 7.61. The van der Waals surface area contributed by atoms with Crippen LogP contribution in [0.15, 0.2) is 24.4 Å². The predicted octanol–water partition coefficient (Wildman–Crippen LogP) is 3.23. The van der Waals surface area contributed by atoms with E-state index in [1.807, 2.05) is 13.8 Å². The highest BCUT2D eigenvalue weighted by atomic mass is 32.1. The normalized spacial score (nSPS) is 12.4. The third-order valence-electron chi connectivity index (χ3n) is 3.46. The molecule has 23 heavy (non-hydrogen) atoms. The van der Waals surface area contributed by atoms with Gasteiger partial charge in [0.2, 0.25) is 0 Å². The Hall–Kier alpha value is -1.86. The number of aromatic nitrogens is 1. The average molecular weight is 340 g/mol. The molecule has 1 aromatic carbocycles. The van der Waals surface area contributed by atoms with E-state index in [0.717, 1.165) is 23.5 Å². The molecule has 0 bridgehead atoms. The molecular formula is C16H18F2N2O2S. The fourth-order valence-electron chi connectivity index (χ4n) is 2.09. The van der Waals surface area contributed by atoms with E-state index in [4.69, 9.17) is 5.11 Å². The Morgan fingerprint density at radius 2 is 2.09 bits per heavy atom. The first kappa shape index (κ1) is 17.5. The molecule has 4 nitrogen and oxygen atoms in total. The summed E-state index contributed by atoms with van der Waals surface area (Å²) in [4.78, 5) is 16.7. The quantitative estimate of drug-likeness (QED) is 0.849. The molecule has 0 saturated heterocycles. The summed E-state index contributed by atoms with van der Waals surface area (Å²) in [5, 5.41) is 12.3. The molecule has 0 saturated carbocycles. The minimum atomic E-state index is -0.952. The number of carbonyl (C=O) groups excluding carboxylic acids is 1. The van der Waals surface area contributed by atoms with E-state index in [9.17, 15) is 13.6 Å². The van der Waals surface area contributed by atoms with Crippen LogP contribution in [0.1, 0.15) is 29.9 Å². The van der Waals surface area contributed by atoms with Crippen molar-refractivity contribution in [3.8, 4) is 10.6 Å². The molecule has 1 heterocycles. The molecule has 124 valence electrons. The molecule has 0 aliphatic heterocycles. The van der Waals surface area contributed by atoms with Crippen molar-refractivity contribution in [1.82, 2.24) is 10.3 Å². The summed E-state index contributed by atoms with van der Waals surface area (Å²) in [7, 11) is 0. The molecule has 1 unspecified atom stereocenters. The van der Waals surface area contributed by atoms with Gasteiger partial charge in [-0.3, -0.25) is 4.79 Å². The van der Waals surface area contributed by atoms with Crippen molar-refractivity contribution < 1.29 is 18.7 Å². The van der Waals surface area contributed by atoms with Crippen LogP contribution in [0, 0.1) is 17.6 Å². The Morgan fingerprint density at radius 1 is 1.35 bits per heavy atom. The molecule has 0 aliphatic rings. The van der Waals surface area contributed by atoms with Gasteiger partial charge in [0.15, 0.2) is 11.6 Å². The number of benzene rings is 1. The lowest BCUT2D eigenvalue weighted by molar-refractivity contribution is 0.0920. The van der Waals surface area contributed by atoms with Crippen LogP contribution in [-0.4, -0.2) is 28.6 Å². The monoisotopic (exact) mass is 340 g/mol. The molecule has 0 fully saturated rings. The van der Waals surface area contributed by atoms with Crippen LogP contribution >= 0.6 is 11.3 Å². The van der Waals surface area contributed by atoms with Gasteiger partial charge in [0.1, 0.15) is 9.88 Å². The van der Waals surface area contributed by atoms with Crippen LogP contribution < -0.4 is 5.32 Å². The lowest BCUT2D eigenvalue weighted by Crippen LogP contribution is -2.38. The maximum absolute atomic E-state index is 13.3. The highest BCUT2D eigenvalue weighted by Gasteiger charge is 2.19. The van der Waals surface area contributed by atoms with Crippen LogP contribution in [-0.2, 0) is 0 Å². The van der Waals surface area contributed by atoms with Crippen molar-refractivity contribution >= 4 is 17.2 Å². The maximum atomic E-state index is 13.3. The van der Waals surface area contributed by atoms with Crippen molar-refractivity contribution in [2.75, 3.05) is 6.61 Å². The fraction of sp³-hybridized carbons (Fsp3) is 0.375. The van der Waals surface area contributed by atoms with E-state index < -0.39 is 11.6 Å². The van der Waals surface area contributed by atoms with E-state index in [1.54, 1.807) is 0 Å². The first-order valence-electron chi connectivity index (χ1n) is 7.25. The lowest BCUT2D eigenvalue weighted by atomic mass is 10.0. The minimum Gasteiger partial charge on any atom is -0.396 e. The van der Waals surface area contributed by atoms with Gasteiger partial charge in [-0.2, -0.15) is 0 Å². The molecule has 7 heteroatoms. The van der Waals surface area contributed by atoms with E-state index in [0.29, 0.717) is 21.9 Å². The molecular weight excluding hydrogens is 322 g/mol. The lowest BCUT2D eigenvalue weighted by Gasteiger charge is -2.20. The smallest absolute Gasteiger partial charge is 0.263 e. The van der Waals surface area contributed by atoms with Gasteiger partial charge < -0.3 is 10.4 Å². The van der Waals surface area contributed by atoms with Gasteiger partial charge in [-0.25, -0.2) is 13.8 Å². The number of aliphatic hydroxyl groups is 1. The molecule has 2 rings (SSSR count). The van der Waals surface area contributed by atoms with Crippen LogP contribution in [0.2, 0.25) is 0 Å². The Bertz CT molecular complexity index is 688. The van der Waals surface area contributed by atoms with Crippen LogP contribution in [0.25, 0.3) is 10.6 Å². The number of aliphatic hydroxyl groups excluding tert-OH is 1. The summed E-state index contributed by atoms with van der Waals surface area (Å²) in [5.41, 5.74) is 0.420. The van der Waals surface area contributed by atoms with Gasteiger partial charge >= 0.3 is 0 Å². The number of hydrogen-bond acceptors (Lipinski definition) is 4. The van der Waals surface area contributed by atoms with Crippen molar-refractivity contribution in [3.63, 3.8) is 0 Å². The SMILES string of the molecule is CC(C)C(CCO)NC(=O)c1cnc(-c2ccc(F)c(F)c2)s1. The first-order valence-corrected chi connectivity index (χ1v) is 8.07. The molecule has 0 spiro atoms. The largest absolute Gasteiger partial charge is 0.396 e. The summed E-state index contributed by atoms with van der Waals surface area (Å²) in [5.74, 6) is -1.98. The first-order chi connectivity index (χ1) is 10.9. The van der Waals surface area contributed by atoms with E-state index in [1.165, 1.54) is 12.3 Å². The Morgan fingerprint density at radius 3 is 2.70 bits per heavy atom. The zero-order valence-electron chi connectivity index (χ0n) is 12.8. The number of rotatable bonds is 6. The average Bonchev–Trinajstić information content (AvgIpc) is 2.99. The Kier molecular flexibility index (Phi) is 5.79. The molecule has 2 aromatic rings. The summed E-state index contributed by atoms with van der Waals surface area (Å²) < 4.78 is 26.2. The molecule has 1 amide bonds. The molecule has 0 aliphatic carbocycles. The van der Waals surface area contributed by atoms with Gasteiger partial charge in [-0.15, -0.1) is 11.3 Å². The number of thiazole rings is 1. The van der Waals surface area contributed by atoms with Gasteiger partial charge in [-0.05, 0) is 30.5 Å². The second-order valence-electron chi connectivity index (χ2n) is 5.49.